The van der Waals surface area contributed by atoms with Crippen molar-refractivity contribution in [3.63, 3.8) is 0 Å². The second-order valence-electron chi connectivity index (χ2n) is 12.4. The molecule has 2 aliphatic heterocycles. The Balaban J connectivity index is 1.30. The number of nitrogens with zero attached hydrogens (tertiary/aromatic N) is 4. The SMILES string of the molecule is CCCCN1C(=O)[C@@H]([C@H](O)C2CCCCC2)NC(=O)C12CCN(Cc1c(C)nn(-c3ccc(C)cc3)c1C)CC2. The molecule has 218 valence electrons. The molecule has 2 atom stereocenters. The number of unbranched alkanes of at least 4 members (excludes halogenated alkanes) is 1. The van der Waals surface area contributed by atoms with Gasteiger partial charge in [0.05, 0.1) is 17.5 Å². The summed E-state index contributed by atoms with van der Waals surface area (Å²) in [4.78, 5) is 31.9. The summed E-state index contributed by atoms with van der Waals surface area (Å²) in [5, 5.41) is 19.1. The average Bonchev–Trinajstić information content (AvgIpc) is 3.25. The first kappa shape index (κ1) is 28.8. The fourth-order valence-electron chi connectivity index (χ4n) is 7.10. The van der Waals surface area contributed by atoms with Gasteiger partial charge in [0.15, 0.2) is 0 Å². The fourth-order valence-corrected chi connectivity index (χ4v) is 7.10. The van der Waals surface area contributed by atoms with Gasteiger partial charge in [0, 0.05) is 37.4 Å². The molecule has 8 heteroatoms. The third-order valence-corrected chi connectivity index (χ3v) is 9.75. The van der Waals surface area contributed by atoms with Gasteiger partial charge in [0.2, 0.25) is 11.8 Å². The van der Waals surface area contributed by atoms with Crippen LogP contribution < -0.4 is 5.32 Å². The summed E-state index contributed by atoms with van der Waals surface area (Å²) in [6.45, 7) is 11.2. The molecule has 40 heavy (non-hydrogen) atoms. The summed E-state index contributed by atoms with van der Waals surface area (Å²) in [5.41, 5.74) is 4.83. The average molecular weight is 550 g/mol. The van der Waals surface area contributed by atoms with Crippen LogP contribution in [0.3, 0.4) is 0 Å². The highest BCUT2D eigenvalue weighted by Crippen LogP contribution is 2.37. The van der Waals surface area contributed by atoms with Crippen molar-refractivity contribution in [2.45, 2.75) is 110 Å². The standard InChI is InChI=1S/C32H47N5O3/c1-5-6-18-36-30(39)28(29(38)25-10-8-7-9-11-25)33-31(40)32(36)16-19-35(20-17-32)21-27-23(3)34-37(24(27)4)26-14-12-22(2)13-15-26/h12-15,25,28-29,38H,5-11,16-21H2,1-4H3,(H,33,40)/t28-,29-/m1/s1. The number of benzene rings is 1. The number of aliphatic hydroxyl groups is 1. The molecule has 2 aromatic rings. The van der Waals surface area contributed by atoms with Crippen molar-refractivity contribution >= 4 is 11.8 Å². The zero-order valence-corrected chi connectivity index (χ0v) is 24.8. The van der Waals surface area contributed by atoms with Crippen LogP contribution in [-0.2, 0) is 16.1 Å². The molecule has 2 saturated heterocycles. The Morgan fingerprint density at radius 1 is 1.05 bits per heavy atom. The van der Waals surface area contributed by atoms with Crippen molar-refractivity contribution in [1.29, 1.82) is 0 Å². The number of carbonyl (C=O) groups is 2. The van der Waals surface area contributed by atoms with E-state index in [1.165, 1.54) is 17.5 Å². The predicted octanol–water partition coefficient (Wildman–Crippen LogP) is 4.20. The summed E-state index contributed by atoms with van der Waals surface area (Å²) in [5.74, 6) is -0.0906. The number of piperazine rings is 1. The molecule has 0 unspecified atom stereocenters. The van der Waals surface area contributed by atoms with Crippen LogP contribution in [0.2, 0.25) is 0 Å². The Labute approximate surface area is 239 Å². The van der Waals surface area contributed by atoms with Crippen LogP contribution in [0.4, 0.5) is 0 Å². The van der Waals surface area contributed by atoms with Crippen molar-refractivity contribution in [1.82, 2.24) is 24.9 Å². The van der Waals surface area contributed by atoms with Gasteiger partial charge in [0.1, 0.15) is 11.6 Å². The highest BCUT2D eigenvalue weighted by molar-refractivity contribution is 6.00. The number of aromatic nitrogens is 2. The van der Waals surface area contributed by atoms with Gasteiger partial charge in [-0.1, -0.05) is 50.3 Å². The van der Waals surface area contributed by atoms with Crippen molar-refractivity contribution in [2.24, 2.45) is 5.92 Å². The molecule has 5 rings (SSSR count). The lowest BCUT2D eigenvalue weighted by Gasteiger charge is -2.52. The zero-order chi connectivity index (χ0) is 28.4. The highest BCUT2D eigenvalue weighted by Gasteiger charge is 2.55. The Morgan fingerprint density at radius 2 is 1.73 bits per heavy atom. The second-order valence-corrected chi connectivity index (χ2v) is 12.4. The third-order valence-electron chi connectivity index (χ3n) is 9.75. The number of hydrogen-bond acceptors (Lipinski definition) is 5. The maximum atomic E-state index is 13.9. The highest BCUT2D eigenvalue weighted by atomic mass is 16.3. The summed E-state index contributed by atoms with van der Waals surface area (Å²) < 4.78 is 2.02. The predicted molar refractivity (Wildman–Crippen MR) is 156 cm³/mol. The van der Waals surface area contributed by atoms with Gasteiger partial charge >= 0.3 is 0 Å². The number of piperidine rings is 1. The van der Waals surface area contributed by atoms with E-state index in [-0.39, 0.29) is 17.7 Å². The molecule has 3 heterocycles. The summed E-state index contributed by atoms with van der Waals surface area (Å²) in [7, 11) is 0. The van der Waals surface area contributed by atoms with E-state index in [2.05, 4.69) is 62.2 Å². The van der Waals surface area contributed by atoms with E-state index in [1.54, 1.807) is 0 Å². The second kappa shape index (κ2) is 12.0. The molecule has 1 aromatic carbocycles. The Bertz CT molecular complexity index is 1190. The molecule has 0 radical (unpaired) electrons. The molecule has 1 saturated carbocycles. The molecule has 1 aliphatic carbocycles. The van der Waals surface area contributed by atoms with Crippen LogP contribution in [0, 0.1) is 26.7 Å². The summed E-state index contributed by atoms with van der Waals surface area (Å²) in [6, 6.07) is 7.59. The molecule has 2 amide bonds. The number of aryl methyl sites for hydroxylation is 2. The van der Waals surface area contributed by atoms with Crippen molar-refractivity contribution in [3.8, 4) is 5.69 Å². The Hall–Kier alpha value is -2.71. The quantitative estimate of drug-likeness (QED) is 0.515. The Morgan fingerprint density at radius 3 is 2.38 bits per heavy atom. The molecular formula is C32H47N5O3. The molecule has 1 aromatic heterocycles. The molecular weight excluding hydrogens is 502 g/mol. The van der Waals surface area contributed by atoms with Gasteiger partial charge in [-0.2, -0.15) is 5.10 Å². The van der Waals surface area contributed by atoms with Gasteiger partial charge in [-0.25, -0.2) is 4.68 Å². The molecule has 1 spiro atoms. The van der Waals surface area contributed by atoms with E-state index in [0.717, 1.165) is 75.2 Å². The molecule has 3 fully saturated rings. The Kier molecular flexibility index (Phi) is 8.66. The van der Waals surface area contributed by atoms with Gasteiger partial charge < -0.3 is 15.3 Å². The minimum absolute atomic E-state index is 0.0812. The van der Waals surface area contributed by atoms with E-state index in [1.807, 2.05) is 9.58 Å². The number of carbonyl (C=O) groups excluding carboxylic acids is 2. The number of nitrogens with one attached hydrogen (secondary N) is 1. The summed E-state index contributed by atoms with van der Waals surface area (Å²) >= 11 is 0. The van der Waals surface area contributed by atoms with Gasteiger partial charge in [-0.3, -0.25) is 14.5 Å². The zero-order valence-electron chi connectivity index (χ0n) is 24.8. The molecule has 0 bridgehead atoms. The molecule has 8 nitrogen and oxygen atoms in total. The monoisotopic (exact) mass is 549 g/mol. The lowest BCUT2D eigenvalue weighted by molar-refractivity contribution is -0.166. The number of amides is 2. The minimum Gasteiger partial charge on any atom is -0.390 e. The smallest absolute Gasteiger partial charge is 0.248 e. The minimum atomic E-state index is -0.832. The van der Waals surface area contributed by atoms with E-state index < -0.39 is 17.7 Å². The van der Waals surface area contributed by atoms with Gasteiger partial charge in [0.25, 0.3) is 0 Å². The van der Waals surface area contributed by atoms with E-state index in [9.17, 15) is 14.7 Å². The van der Waals surface area contributed by atoms with Crippen LogP contribution in [0.1, 0.15) is 87.2 Å². The van der Waals surface area contributed by atoms with Gasteiger partial charge in [-0.05, 0) is 70.9 Å². The first-order valence-corrected chi connectivity index (χ1v) is 15.4. The topological polar surface area (TPSA) is 90.7 Å². The largest absolute Gasteiger partial charge is 0.390 e. The van der Waals surface area contributed by atoms with Crippen LogP contribution in [0.25, 0.3) is 5.69 Å². The first-order chi connectivity index (χ1) is 19.2. The van der Waals surface area contributed by atoms with Gasteiger partial charge in [-0.15, -0.1) is 0 Å². The normalized spacial score (nSPS) is 23.0. The van der Waals surface area contributed by atoms with Crippen molar-refractivity contribution < 1.29 is 14.7 Å². The number of rotatable bonds is 8. The first-order valence-electron chi connectivity index (χ1n) is 15.4. The maximum Gasteiger partial charge on any atom is 0.248 e. The number of aliphatic hydroxyl groups excluding tert-OH is 1. The number of likely N-dealkylation sites (tertiary alicyclic amines) is 1. The fraction of sp³-hybridized carbons (Fsp3) is 0.656. The molecule has 2 N–H and O–H groups in total. The van der Waals surface area contributed by atoms with E-state index in [4.69, 9.17) is 5.10 Å². The van der Waals surface area contributed by atoms with E-state index in [0.29, 0.717) is 19.4 Å². The molecule has 3 aliphatic rings. The summed E-state index contributed by atoms with van der Waals surface area (Å²) in [6.07, 6.45) is 7.40. The van der Waals surface area contributed by atoms with E-state index >= 15 is 0 Å². The lowest BCUT2D eigenvalue weighted by Crippen LogP contribution is -2.75. The van der Waals surface area contributed by atoms with Crippen LogP contribution >= 0.6 is 0 Å². The lowest BCUT2D eigenvalue weighted by atomic mass is 9.78. The van der Waals surface area contributed by atoms with Crippen LogP contribution in [-0.4, -0.2) is 73.8 Å². The van der Waals surface area contributed by atoms with Crippen LogP contribution in [0.5, 0.6) is 0 Å². The maximum absolute atomic E-state index is 13.9. The van der Waals surface area contributed by atoms with Crippen LogP contribution in [0.15, 0.2) is 24.3 Å². The van der Waals surface area contributed by atoms with Crippen molar-refractivity contribution in [3.05, 3.63) is 46.8 Å². The van der Waals surface area contributed by atoms with Crippen molar-refractivity contribution in [2.75, 3.05) is 19.6 Å². The third kappa shape index (κ3) is 5.45. The number of hydrogen-bond donors (Lipinski definition) is 2.